The SMILES string of the molecule is CN(Cc1ccc(N(C)C)cc1)C(=O)COC(=O)c1ccc2c(c1)C(=O)N(C1CCCCC1)C2=O. The molecule has 1 fully saturated rings. The van der Waals surface area contributed by atoms with E-state index in [1.54, 1.807) is 7.05 Å². The summed E-state index contributed by atoms with van der Waals surface area (Å²) < 4.78 is 5.22. The van der Waals surface area contributed by atoms with Crippen LogP contribution in [0.4, 0.5) is 5.69 Å². The van der Waals surface area contributed by atoms with Gasteiger partial charge in [0, 0.05) is 39.4 Å². The molecule has 0 N–H and O–H groups in total. The van der Waals surface area contributed by atoms with Crippen LogP contribution in [0.3, 0.4) is 0 Å². The highest BCUT2D eigenvalue weighted by molar-refractivity contribution is 6.22. The van der Waals surface area contributed by atoms with Crippen molar-refractivity contribution in [1.29, 1.82) is 0 Å². The van der Waals surface area contributed by atoms with Gasteiger partial charge >= 0.3 is 5.97 Å². The van der Waals surface area contributed by atoms with E-state index < -0.39 is 12.6 Å². The van der Waals surface area contributed by atoms with Crippen LogP contribution in [0.5, 0.6) is 0 Å². The van der Waals surface area contributed by atoms with Crippen LogP contribution in [-0.2, 0) is 16.1 Å². The van der Waals surface area contributed by atoms with Gasteiger partial charge in [-0.1, -0.05) is 31.4 Å². The molecule has 1 aliphatic carbocycles. The van der Waals surface area contributed by atoms with Crippen molar-refractivity contribution in [1.82, 2.24) is 9.80 Å². The topological polar surface area (TPSA) is 87.2 Å². The van der Waals surface area contributed by atoms with Crippen LogP contribution in [-0.4, -0.2) is 67.3 Å². The number of amides is 3. The Morgan fingerprint density at radius 2 is 1.57 bits per heavy atom. The molecule has 0 spiro atoms. The predicted molar refractivity (Wildman–Crippen MR) is 131 cm³/mol. The summed E-state index contributed by atoms with van der Waals surface area (Å²) in [6.07, 6.45) is 4.75. The van der Waals surface area contributed by atoms with Crippen LogP contribution in [0.1, 0.15) is 68.7 Å². The minimum atomic E-state index is -0.707. The Morgan fingerprint density at radius 1 is 0.914 bits per heavy atom. The molecule has 2 aliphatic rings. The molecule has 1 aliphatic heterocycles. The molecule has 2 aromatic rings. The first-order valence-electron chi connectivity index (χ1n) is 12.0. The van der Waals surface area contributed by atoms with Gasteiger partial charge < -0.3 is 14.5 Å². The highest BCUT2D eigenvalue weighted by atomic mass is 16.5. The molecule has 0 bridgehead atoms. The van der Waals surface area contributed by atoms with Gasteiger partial charge in [-0.2, -0.15) is 0 Å². The zero-order valence-corrected chi connectivity index (χ0v) is 20.5. The lowest BCUT2D eigenvalue weighted by Gasteiger charge is -2.29. The minimum Gasteiger partial charge on any atom is -0.452 e. The first-order chi connectivity index (χ1) is 16.8. The number of ether oxygens (including phenoxy) is 1. The van der Waals surface area contributed by atoms with E-state index in [0.29, 0.717) is 12.1 Å². The largest absolute Gasteiger partial charge is 0.452 e. The van der Waals surface area contributed by atoms with Gasteiger partial charge in [0.1, 0.15) is 0 Å². The van der Waals surface area contributed by atoms with Crippen LogP contribution in [0, 0.1) is 0 Å². The quantitative estimate of drug-likeness (QED) is 0.448. The van der Waals surface area contributed by atoms with Gasteiger partial charge in [0.05, 0.1) is 16.7 Å². The third kappa shape index (κ3) is 5.21. The van der Waals surface area contributed by atoms with Crippen LogP contribution in [0.15, 0.2) is 42.5 Å². The summed E-state index contributed by atoms with van der Waals surface area (Å²) in [5, 5.41) is 0. The van der Waals surface area contributed by atoms with Crippen molar-refractivity contribution in [3.63, 3.8) is 0 Å². The van der Waals surface area contributed by atoms with Gasteiger partial charge in [0.2, 0.25) is 0 Å². The number of likely N-dealkylation sites (N-methyl/N-ethyl adjacent to an activating group) is 1. The van der Waals surface area contributed by atoms with Crippen molar-refractivity contribution in [3.05, 3.63) is 64.7 Å². The summed E-state index contributed by atoms with van der Waals surface area (Å²) in [6.45, 7) is -0.0279. The lowest BCUT2D eigenvalue weighted by atomic mass is 9.94. The lowest BCUT2D eigenvalue weighted by molar-refractivity contribution is -0.133. The fraction of sp³-hybridized carbons (Fsp3) is 0.407. The number of imide groups is 1. The minimum absolute atomic E-state index is 0.0844. The Kier molecular flexibility index (Phi) is 7.19. The fourth-order valence-electron chi connectivity index (χ4n) is 4.64. The predicted octanol–water partition coefficient (Wildman–Crippen LogP) is 3.50. The molecule has 1 saturated carbocycles. The van der Waals surface area contributed by atoms with Crippen molar-refractivity contribution in [2.24, 2.45) is 0 Å². The third-order valence-corrected chi connectivity index (χ3v) is 6.72. The van der Waals surface area contributed by atoms with E-state index in [9.17, 15) is 19.2 Å². The molecule has 0 radical (unpaired) electrons. The fourth-order valence-corrected chi connectivity index (χ4v) is 4.64. The summed E-state index contributed by atoms with van der Waals surface area (Å²) in [4.78, 5) is 55.7. The number of esters is 1. The number of hydrogen-bond acceptors (Lipinski definition) is 6. The number of hydrogen-bond donors (Lipinski definition) is 0. The molecular formula is C27H31N3O5. The summed E-state index contributed by atoms with van der Waals surface area (Å²) in [5.74, 6) is -1.71. The Hall–Kier alpha value is -3.68. The van der Waals surface area contributed by atoms with E-state index in [-0.39, 0.29) is 34.9 Å². The summed E-state index contributed by atoms with van der Waals surface area (Å²) in [5.41, 5.74) is 2.70. The lowest BCUT2D eigenvalue weighted by Crippen LogP contribution is -2.40. The van der Waals surface area contributed by atoms with Crippen molar-refractivity contribution in [3.8, 4) is 0 Å². The molecule has 0 aromatic heterocycles. The van der Waals surface area contributed by atoms with Gasteiger partial charge in [0.25, 0.3) is 17.7 Å². The average molecular weight is 478 g/mol. The summed E-state index contributed by atoms with van der Waals surface area (Å²) in [7, 11) is 5.57. The van der Waals surface area contributed by atoms with E-state index in [4.69, 9.17) is 4.74 Å². The molecule has 0 unspecified atom stereocenters. The molecule has 2 aromatic carbocycles. The normalized spacial score (nSPS) is 15.7. The zero-order valence-electron chi connectivity index (χ0n) is 20.5. The summed E-state index contributed by atoms with van der Waals surface area (Å²) in [6, 6.07) is 12.1. The van der Waals surface area contributed by atoms with Crippen LogP contribution < -0.4 is 4.90 Å². The van der Waals surface area contributed by atoms with Crippen LogP contribution in [0.25, 0.3) is 0 Å². The van der Waals surface area contributed by atoms with Crippen molar-refractivity contribution < 1.29 is 23.9 Å². The maximum Gasteiger partial charge on any atom is 0.338 e. The van der Waals surface area contributed by atoms with Gasteiger partial charge in [-0.3, -0.25) is 19.3 Å². The maximum absolute atomic E-state index is 13.0. The number of carbonyl (C=O) groups is 4. The molecule has 0 saturated heterocycles. The zero-order chi connectivity index (χ0) is 25.1. The standard InChI is InChI=1S/C27H31N3O5/c1-28(2)20-12-9-18(10-13-20)16-29(3)24(31)17-35-27(34)19-11-14-22-23(15-19)26(33)30(25(22)32)21-7-5-4-6-8-21/h9-15,21H,4-8,16-17H2,1-3H3. The first-order valence-corrected chi connectivity index (χ1v) is 12.0. The molecule has 3 amide bonds. The Labute approximate surface area is 205 Å². The second kappa shape index (κ2) is 10.3. The smallest absolute Gasteiger partial charge is 0.338 e. The van der Waals surface area contributed by atoms with Gasteiger partial charge in [-0.05, 0) is 48.7 Å². The van der Waals surface area contributed by atoms with Crippen molar-refractivity contribution >= 4 is 29.4 Å². The third-order valence-electron chi connectivity index (χ3n) is 6.72. The molecule has 1 heterocycles. The van der Waals surface area contributed by atoms with Crippen molar-refractivity contribution in [2.75, 3.05) is 32.6 Å². The maximum atomic E-state index is 13.0. The van der Waals surface area contributed by atoms with Gasteiger partial charge in [-0.15, -0.1) is 0 Å². The van der Waals surface area contributed by atoms with Crippen LogP contribution >= 0.6 is 0 Å². The average Bonchev–Trinajstić information content (AvgIpc) is 3.12. The van der Waals surface area contributed by atoms with E-state index in [2.05, 4.69) is 0 Å². The van der Waals surface area contributed by atoms with E-state index >= 15 is 0 Å². The van der Waals surface area contributed by atoms with Crippen molar-refractivity contribution in [2.45, 2.75) is 44.7 Å². The number of benzene rings is 2. The van der Waals surface area contributed by atoms with E-state index in [0.717, 1.165) is 43.4 Å². The molecular weight excluding hydrogens is 446 g/mol. The Balaban J connectivity index is 1.35. The highest BCUT2D eigenvalue weighted by Gasteiger charge is 2.40. The Morgan fingerprint density at radius 3 is 2.23 bits per heavy atom. The monoisotopic (exact) mass is 477 g/mol. The van der Waals surface area contributed by atoms with Gasteiger partial charge in [-0.25, -0.2) is 4.79 Å². The molecule has 8 nitrogen and oxygen atoms in total. The molecule has 0 atom stereocenters. The summed E-state index contributed by atoms with van der Waals surface area (Å²) >= 11 is 0. The number of anilines is 1. The second-order valence-corrected chi connectivity index (χ2v) is 9.42. The second-order valence-electron chi connectivity index (χ2n) is 9.42. The molecule has 4 rings (SSSR count). The molecule has 35 heavy (non-hydrogen) atoms. The van der Waals surface area contributed by atoms with E-state index in [1.807, 2.05) is 43.3 Å². The van der Waals surface area contributed by atoms with Crippen LogP contribution in [0.2, 0.25) is 0 Å². The Bertz CT molecular complexity index is 1140. The highest BCUT2D eigenvalue weighted by Crippen LogP contribution is 2.31. The number of carbonyl (C=O) groups excluding carboxylic acids is 4. The molecule has 184 valence electrons. The first kappa shape index (κ1) is 24.4. The van der Waals surface area contributed by atoms with Gasteiger partial charge in [0.15, 0.2) is 6.61 Å². The molecule has 8 heteroatoms. The van der Waals surface area contributed by atoms with E-state index in [1.165, 1.54) is 28.0 Å². The number of nitrogens with zero attached hydrogens (tertiary/aromatic N) is 3. The number of fused-ring (bicyclic) bond motifs is 1. The number of rotatable bonds is 7.